The van der Waals surface area contributed by atoms with Crippen LogP contribution in [0.2, 0.25) is 0 Å². The molecule has 0 aromatic heterocycles. The number of allylic oxidation sites excluding steroid dienone is 1. The van der Waals surface area contributed by atoms with Gasteiger partial charge in [-0.3, -0.25) is 9.59 Å². The van der Waals surface area contributed by atoms with E-state index in [4.69, 9.17) is 0 Å². The van der Waals surface area contributed by atoms with E-state index in [0.717, 1.165) is 5.56 Å². The van der Waals surface area contributed by atoms with Crippen LogP contribution in [-0.4, -0.2) is 30.6 Å². The summed E-state index contributed by atoms with van der Waals surface area (Å²) >= 11 is 0. The number of Topliss-reactive ketones (excluding diaryl/α,β-unsaturated/α-hetero) is 2. The van der Waals surface area contributed by atoms with Gasteiger partial charge in [0.25, 0.3) is 0 Å². The lowest BCUT2D eigenvalue weighted by Crippen LogP contribution is -2.30. The zero-order valence-corrected chi connectivity index (χ0v) is 11.9. The lowest BCUT2D eigenvalue weighted by Gasteiger charge is -2.24. The molecular formula is C16H19NO2. The van der Waals surface area contributed by atoms with Crippen molar-refractivity contribution in [2.75, 3.05) is 14.1 Å². The average Bonchev–Trinajstić information content (AvgIpc) is 2.40. The third-order valence-corrected chi connectivity index (χ3v) is 3.62. The van der Waals surface area contributed by atoms with Gasteiger partial charge in [-0.25, -0.2) is 0 Å². The molecule has 0 heterocycles. The van der Waals surface area contributed by atoms with Gasteiger partial charge in [0.05, 0.1) is 5.41 Å². The number of carbonyl (C=O) groups excluding carboxylic acids is 2. The second-order valence-electron chi connectivity index (χ2n) is 5.72. The van der Waals surface area contributed by atoms with Gasteiger partial charge in [-0.15, -0.1) is 0 Å². The Hall–Kier alpha value is -1.90. The maximum absolute atomic E-state index is 12.7. The van der Waals surface area contributed by atoms with E-state index in [1.807, 2.05) is 51.0 Å². The van der Waals surface area contributed by atoms with Crippen LogP contribution >= 0.6 is 0 Å². The molecule has 0 amide bonds. The Kier molecular flexibility index (Phi) is 3.31. The fraction of sp³-hybridized carbons (Fsp3) is 0.375. The Morgan fingerprint density at radius 3 is 2.42 bits per heavy atom. The molecule has 0 saturated carbocycles. The van der Waals surface area contributed by atoms with Gasteiger partial charge in [0.2, 0.25) is 0 Å². The zero-order chi connectivity index (χ0) is 14.2. The van der Waals surface area contributed by atoms with Gasteiger partial charge in [-0.1, -0.05) is 24.3 Å². The van der Waals surface area contributed by atoms with Gasteiger partial charge in [-0.2, -0.15) is 0 Å². The highest BCUT2D eigenvalue weighted by atomic mass is 16.1. The summed E-state index contributed by atoms with van der Waals surface area (Å²) < 4.78 is 0. The molecule has 0 radical (unpaired) electrons. The summed E-state index contributed by atoms with van der Waals surface area (Å²) in [6.45, 7) is 3.66. The third kappa shape index (κ3) is 2.33. The predicted molar refractivity (Wildman–Crippen MR) is 75.0 cm³/mol. The summed E-state index contributed by atoms with van der Waals surface area (Å²) in [6, 6.07) is 7.37. The molecule has 0 atom stereocenters. The van der Waals surface area contributed by atoms with Crippen molar-refractivity contribution in [3.63, 3.8) is 0 Å². The van der Waals surface area contributed by atoms with E-state index in [9.17, 15) is 9.59 Å². The molecule has 19 heavy (non-hydrogen) atoms. The molecule has 0 saturated heterocycles. The van der Waals surface area contributed by atoms with E-state index < -0.39 is 5.41 Å². The molecule has 3 heteroatoms. The maximum Gasteiger partial charge on any atom is 0.191 e. The van der Waals surface area contributed by atoms with Crippen molar-refractivity contribution in [1.29, 1.82) is 0 Å². The van der Waals surface area contributed by atoms with Crippen LogP contribution in [0.3, 0.4) is 0 Å². The number of hydrogen-bond acceptors (Lipinski definition) is 3. The largest absolute Gasteiger partial charge is 0.383 e. The van der Waals surface area contributed by atoms with Crippen LogP contribution in [-0.2, 0) is 11.2 Å². The molecule has 0 N–H and O–H groups in total. The molecule has 1 aromatic carbocycles. The second kappa shape index (κ2) is 4.65. The van der Waals surface area contributed by atoms with Gasteiger partial charge in [0.1, 0.15) is 5.78 Å². The number of carbonyl (C=O) groups is 2. The minimum Gasteiger partial charge on any atom is -0.383 e. The highest BCUT2D eigenvalue weighted by molar-refractivity contribution is 6.16. The van der Waals surface area contributed by atoms with Crippen LogP contribution in [0.25, 0.3) is 0 Å². The number of nitrogens with zero attached hydrogens (tertiary/aromatic N) is 1. The summed E-state index contributed by atoms with van der Waals surface area (Å²) in [4.78, 5) is 26.9. The van der Waals surface area contributed by atoms with Gasteiger partial charge >= 0.3 is 0 Å². The molecule has 1 aromatic rings. The monoisotopic (exact) mass is 257 g/mol. The summed E-state index contributed by atoms with van der Waals surface area (Å²) in [5.41, 5.74) is 1.29. The zero-order valence-electron chi connectivity index (χ0n) is 11.9. The summed E-state index contributed by atoms with van der Waals surface area (Å²) in [6.07, 6.45) is 2.09. The van der Waals surface area contributed by atoms with E-state index in [-0.39, 0.29) is 11.6 Å². The van der Waals surface area contributed by atoms with E-state index in [2.05, 4.69) is 0 Å². The fourth-order valence-corrected chi connectivity index (χ4v) is 2.35. The lowest BCUT2D eigenvalue weighted by atomic mass is 9.78. The lowest BCUT2D eigenvalue weighted by molar-refractivity contribution is -0.124. The molecule has 1 aliphatic carbocycles. The van der Waals surface area contributed by atoms with Crippen LogP contribution in [0, 0.1) is 5.41 Å². The smallest absolute Gasteiger partial charge is 0.191 e. The number of fused-ring (bicyclic) bond motifs is 1. The van der Waals surface area contributed by atoms with Crippen molar-refractivity contribution in [1.82, 2.24) is 4.90 Å². The molecule has 3 nitrogen and oxygen atoms in total. The molecule has 0 unspecified atom stereocenters. The van der Waals surface area contributed by atoms with Gasteiger partial charge in [-0.05, 0) is 19.4 Å². The Morgan fingerprint density at radius 1 is 1.16 bits per heavy atom. The summed E-state index contributed by atoms with van der Waals surface area (Å²) in [7, 11) is 3.72. The molecule has 100 valence electrons. The third-order valence-electron chi connectivity index (χ3n) is 3.62. The first-order valence-electron chi connectivity index (χ1n) is 6.38. The first kappa shape index (κ1) is 13.5. The normalized spacial score (nSPS) is 20.1. The second-order valence-corrected chi connectivity index (χ2v) is 5.72. The molecule has 0 spiro atoms. The Labute approximate surface area is 113 Å². The van der Waals surface area contributed by atoms with Gasteiger partial charge in [0, 0.05) is 37.9 Å². The predicted octanol–water partition coefficient (Wildman–Crippen LogP) is 2.47. The van der Waals surface area contributed by atoms with Crippen molar-refractivity contribution >= 4 is 11.6 Å². The maximum atomic E-state index is 12.7. The first-order chi connectivity index (χ1) is 8.84. The number of ketones is 2. The Balaban J connectivity index is 2.66. The Morgan fingerprint density at radius 2 is 1.79 bits per heavy atom. The minimum atomic E-state index is -0.750. The highest BCUT2D eigenvalue weighted by Crippen LogP contribution is 2.35. The van der Waals surface area contributed by atoms with Crippen molar-refractivity contribution in [3.05, 3.63) is 47.2 Å². The SMILES string of the molecule is CN(C)/C=C1/C(=O)c2ccccc2CC(=O)C1(C)C. The topological polar surface area (TPSA) is 37.4 Å². The molecule has 2 rings (SSSR count). The number of rotatable bonds is 1. The van der Waals surface area contributed by atoms with Crippen LogP contribution in [0.15, 0.2) is 36.0 Å². The molecule has 0 fully saturated rings. The highest BCUT2D eigenvalue weighted by Gasteiger charge is 2.39. The average molecular weight is 257 g/mol. The molecule has 0 aliphatic heterocycles. The summed E-state index contributed by atoms with van der Waals surface area (Å²) in [5, 5.41) is 0. The molecule has 0 bridgehead atoms. The van der Waals surface area contributed by atoms with E-state index in [1.54, 1.807) is 12.3 Å². The molecular weight excluding hydrogens is 238 g/mol. The van der Waals surface area contributed by atoms with Crippen molar-refractivity contribution in [3.8, 4) is 0 Å². The van der Waals surface area contributed by atoms with Crippen LogP contribution < -0.4 is 0 Å². The standard InChI is InChI=1S/C16H19NO2/c1-16(2)13(10-17(3)4)15(19)12-8-6-5-7-11(12)9-14(16)18/h5-8,10H,9H2,1-4H3/b13-10-. The number of hydrogen-bond donors (Lipinski definition) is 0. The van der Waals surface area contributed by atoms with Crippen molar-refractivity contribution < 1.29 is 9.59 Å². The van der Waals surface area contributed by atoms with Crippen LogP contribution in [0.4, 0.5) is 0 Å². The van der Waals surface area contributed by atoms with Crippen molar-refractivity contribution in [2.45, 2.75) is 20.3 Å². The number of benzene rings is 1. The fourth-order valence-electron chi connectivity index (χ4n) is 2.35. The summed E-state index contributed by atoms with van der Waals surface area (Å²) in [5.74, 6) is 0.0408. The van der Waals surface area contributed by atoms with Gasteiger partial charge < -0.3 is 4.90 Å². The van der Waals surface area contributed by atoms with Gasteiger partial charge in [0.15, 0.2) is 5.78 Å². The minimum absolute atomic E-state index is 0.0415. The van der Waals surface area contributed by atoms with Crippen LogP contribution in [0.5, 0.6) is 0 Å². The quantitative estimate of drug-likeness (QED) is 0.573. The van der Waals surface area contributed by atoms with E-state index >= 15 is 0 Å². The Bertz CT molecular complexity index is 568. The van der Waals surface area contributed by atoms with Crippen LogP contribution in [0.1, 0.15) is 29.8 Å². The van der Waals surface area contributed by atoms with E-state index in [1.165, 1.54) is 0 Å². The van der Waals surface area contributed by atoms with Crippen molar-refractivity contribution in [2.24, 2.45) is 5.41 Å². The van der Waals surface area contributed by atoms with E-state index in [0.29, 0.717) is 17.6 Å². The molecule has 1 aliphatic rings. The first-order valence-corrected chi connectivity index (χ1v) is 6.38.